The molecule has 0 spiro atoms. The highest BCUT2D eigenvalue weighted by atomic mass is 32.1. The van der Waals surface area contributed by atoms with E-state index in [9.17, 15) is 14.4 Å². The molecule has 8 nitrogen and oxygen atoms in total. The average Bonchev–Trinajstić information content (AvgIpc) is 3.13. The first-order valence-corrected chi connectivity index (χ1v) is 15.6. The fourth-order valence-corrected chi connectivity index (χ4v) is 7.12. The minimum Gasteiger partial charge on any atom is -0.462 e. The van der Waals surface area contributed by atoms with Crippen LogP contribution in [-0.4, -0.2) is 53.0 Å². The van der Waals surface area contributed by atoms with Crippen LogP contribution in [0.15, 0.2) is 24.3 Å². The van der Waals surface area contributed by atoms with Crippen molar-refractivity contribution < 1.29 is 23.9 Å². The summed E-state index contributed by atoms with van der Waals surface area (Å²) in [5.74, 6) is -1.39. The maximum absolute atomic E-state index is 13.9. The molecule has 3 aromatic rings. The van der Waals surface area contributed by atoms with Crippen LogP contribution in [0.25, 0.3) is 10.9 Å². The molecule has 218 valence electrons. The van der Waals surface area contributed by atoms with Crippen molar-refractivity contribution in [3.63, 3.8) is 0 Å². The van der Waals surface area contributed by atoms with E-state index in [1.54, 1.807) is 6.92 Å². The van der Waals surface area contributed by atoms with Gasteiger partial charge in [0, 0.05) is 47.1 Å². The van der Waals surface area contributed by atoms with Crippen LogP contribution in [0, 0.1) is 0 Å². The van der Waals surface area contributed by atoms with Crippen molar-refractivity contribution in [1.29, 1.82) is 0 Å². The summed E-state index contributed by atoms with van der Waals surface area (Å²) in [6.07, 6.45) is 4.84. The van der Waals surface area contributed by atoms with Crippen LogP contribution >= 0.6 is 11.3 Å². The lowest BCUT2D eigenvalue weighted by Gasteiger charge is -2.32. The van der Waals surface area contributed by atoms with E-state index in [1.807, 2.05) is 31.2 Å². The number of nitrogens with one attached hydrogen (secondary N) is 1. The van der Waals surface area contributed by atoms with Crippen LogP contribution in [0.1, 0.15) is 95.8 Å². The molecule has 2 aliphatic rings. The lowest BCUT2D eigenvalue weighted by atomic mass is 9.95. The van der Waals surface area contributed by atoms with Gasteiger partial charge in [0.1, 0.15) is 5.00 Å². The van der Waals surface area contributed by atoms with Crippen LogP contribution in [0.5, 0.6) is 0 Å². The molecule has 9 heteroatoms. The summed E-state index contributed by atoms with van der Waals surface area (Å²) in [6, 6.07) is 7.91. The Morgan fingerprint density at radius 3 is 2.54 bits per heavy atom. The van der Waals surface area contributed by atoms with Gasteiger partial charge in [-0.1, -0.05) is 31.5 Å². The maximum Gasteiger partial charge on any atom is 0.341 e. The number of aryl methyl sites for hydroxylation is 1. The van der Waals surface area contributed by atoms with Gasteiger partial charge >= 0.3 is 11.9 Å². The highest BCUT2D eigenvalue weighted by Gasteiger charge is 2.32. The molecule has 5 rings (SSSR count). The number of carbonyl (C=O) groups excluding carboxylic acids is 3. The number of hydrogen-bond acceptors (Lipinski definition) is 8. The van der Waals surface area contributed by atoms with Crippen molar-refractivity contribution >= 4 is 45.1 Å². The van der Waals surface area contributed by atoms with Gasteiger partial charge in [-0.3, -0.25) is 14.7 Å². The Morgan fingerprint density at radius 2 is 1.78 bits per heavy atom. The number of carbonyl (C=O) groups is 3. The van der Waals surface area contributed by atoms with Crippen LogP contribution in [0.3, 0.4) is 0 Å². The smallest absolute Gasteiger partial charge is 0.341 e. The van der Waals surface area contributed by atoms with Crippen molar-refractivity contribution in [2.24, 2.45) is 0 Å². The molecule has 1 amide bonds. The van der Waals surface area contributed by atoms with Gasteiger partial charge in [-0.25, -0.2) is 9.59 Å². The van der Waals surface area contributed by atoms with Gasteiger partial charge in [0.15, 0.2) is 6.10 Å². The Kier molecular flexibility index (Phi) is 9.04. The third kappa shape index (κ3) is 6.02. The van der Waals surface area contributed by atoms with Crippen molar-refractivity contribution in [3.8, 4) is 0 Å². The zero-order valence-electron chi connectivity index (χ0n) is 24.4. The van der Waals surface area contributed by atoms with E-state index < -0.39 is 23.9 Å². The molecule has 1 unspecified atom stereocenters. The second kappa shape index (κ2) is 12.7. The summed E-state index contributed by atoms with van der Waals surface area (Å²) >= 11 is 1.44. The molecule has 1 N–H and O–H groups in total. The Labute approximate surface area is 245 Å². The number of thiophene rings is 1. The third-order valence-electron chi connectivity index (χ3n) is 8.06. The molecule has 1 aliphatic carbocycles. The summed E-state index contributed by atoms with van der Waals surface area (Å²) in [4.78, 5) is 48.7. The fourth-order valence-electron chi connectivity index (χ4n) is 5.84. The summed E-state index contributed by atoms with van der Waals surface area (Å²) < 4.78 is 11.3. The van der Waals surface area contributed by atoms with Gasteiger partial charge in [0.25, 0.3) is 5.91 Å². The number of rotatable bonds is 8. The van der Waals surface area contributed by atoms with Crippen molar-refractivity contribution in [1.82, 2.24) is 9.88 Å². The van der Waals surface area contributed by atoms with Gasteiger partial charge in [0.2, 0.25) is 0 Å². The number of hydrogen-bond donors (Lipinski definition) is 1. The summed E-state index contributed by atoms with van der Waals surface area (Å²) in [7, 11) is 0. The number of pyridine rings is 1. The number of benzene rings is 1. The van der Waals surface area contributed by atoms with E-state index in [0.29, 0.717) is 35.1 Å². The monoisotopic (exact) mass is 577 g/mol. The molecule has 0 radical (unpaired) electrons. The van der Waals surface area contributed by atoms with E-state index >= 15 is 0 Å². The summed E-state index contributed by atoms with van der Waals surface area (Å²) in [6.45, 7) is 9.60. The number of nitrogens with zero attached hydrogens (tertiary/aromatic N) is 2. The predicted molar refractivity (Wildman–Crippen MR) is 161 cm³/mol. The molecule has 0 saturated heterocycles. The van der Waals surface area contributed by atoms with E-state index in [4.69, 9.17) is 14.5 Å². The molecule has 1 aliphatic heterocycles. The van der Waals surface area contributed by atoms with Crippen LogP contribution < -0.4 is 5.32 Å². The Bertz CT molecular complexity index is 1460. The number of fused-ring (bicyclic) bond motifs is 3. The van der Waals surface area contributed by atoms with Gasteiger partial charge in [-0.15, -0.1) is 11.3 Å². The SMILES string of the molecule is CCOC(=O)c1c(NC(=O)C(CC)OC(=O)c2c3c(nc4ccccc24)CCN(C(C)C)C3)sc2c1CCCCC2. The molecule has 3 heterocycles. The maximum atomic E-state index is 13.9. The zero-order chi connectivity index (χ0) is 29.1. The minimum atomic E-state index is -1.02. The first-order valence-electron chi connectivity index (χ1n) is 14.8. The standard InChI is InChI=1S/C32H39N3O5S/c1-5-25(29(36)34-30-28(31(37)39-6-2)21-13-8-7-9-15-26(21)41-30)40-32(38)27-20-12-10-11-14-23(20)33-24-16-17-35(19(3)4)18-22(24)27/h10-12,14,19,25H,5-9,13,15-18H2,1-4H3,(H,34,36). The zero-order valence-corrected chi connectivity index (χ0v) is 25.2. The molecular formula is C32H39N3O5S. The molecule has 0 saturated carbocycles. The largest absolute Gasteiger partial charge is 0.462 e. The van der Waals surface area contributed by atoms with Crippen LogP contribution in [0.4, 0.5) is 5.00 Å². The van der Waals surface area contributed by atoms with Gasteiger partial charge in [-0.2, -0.15) is 0 Å². The van der Waals surface area contributed by atoms with Gasteiger partial charge in [0.05, 0.1) is 23.3 Å². The molecule has 0 bridgehead atoms. The van der Waals surface area contributed by atoms with E-state index in [0.717, 1.165) is 77.7 Å². The fraction of sp³-hybridized carbons (Fsp3) is 0.500. The van der Waals surface area contributed by atoms with E-state index in [-0.39, 0.29) is 6.61 Å². The number of esters is 2. The Hall–Kier alpha value is -3.30. The van der Waals surface area contributed by atoms with E-state index in [1.165, 1.54) is 11.3 Å². The minimum absolute atomic E-state index is 0.254. The third-order valence-corrected chi connectivity index (χ3v) is 9.27. The van der Waals surface area contributed by atoms with Gasteiger partial charge in [-0.05, 0) is 64.5 Å². The van der Waals surface area contributed by atoms with Crippen LogP contribution in [0.2, 0.25) is 0 Å². The molecule has 2 aromatic heterocycles. The number of anilines is 1. The normalized spacial score (nSPS) is 16.0. The second-order valence-corrected chi connectivity index (χ2v) is 12.1. The van der Waals surface area contributed by atoms with Crippen molar-refractivity contribution in [2.45, 2.75) is 91.3 Å². The highest BCUT2D eigenvalue weighted by molar-refractivity contribution is 7.17. The molecular weight excluding hydrogens is 538 g/mol. The van der Waals surface area contributed by atoms with Crippen LogP contribution in [-0.2, 0) is 40.1 Å². The lowest BCUT2D eigenvalue weighted by Crippen LogP contribution is -2.38. The number of amides is 1. The molecule has 1 atom stereocenters. The average molecular weight is 578 g/mol. The number of para-hydroxylation sites is 1. The Morgan fingerprint density at radius 1 is 1.00 bits per heavy atom. The van der Waals surface area contributed by atoms with E-state index in [2.05, 4.69) is 24.1 Å². The Balaban J connectivity index is 1.44. The second-order valence-electron chi connectivity index (χ2n) is 11.0. The number of aromatic nitrogens is 1. The quantitative estimate of drug-likeness (QED) is 0.256. The first kappa shape index (κ1) is 29.2. The molecule has 0 fully saturated rings. The highest BCUT2D eigenvalue weighted by Crippen LogP contribution is 2.38. The summed E-state index contributed by atoms with van der Waals surface area (Å²) in [5.41, 5.74) is 4.44. The topological polar surface area (TPSA) is 97.8 Å². The lowest BCUT2D eigenvalue weighted by molar-refractivity contribution is -0.124. The first-order chi connectivity index (χ1) is 19.8. The van der Waals surface area contributed by atoms with Crippen molar-refractivity contribution in [2.75, 3.05) is 18.5 Å². The molecule has 41 heavy (non-hydrogen) atoms. The number of ether oxygens (including phenoxy) is 2. The predicted octanol–water partition coefficient (Wildman–Crippen LogP) is 6.08. The van der Waals surface area contributed by atoms with Crippen molar-refractivity contribution in [3.05, 3.63) is 57.1 Å². The summed E-state index contributed by atoms with van der Waals surface area (Å²) in [5, 5.41) is 4.14. The van der Waals surface area contributed by atoms with Gasteiger partial charge < -0.3 is 14.8 Å². The molecule has 1 aromatic carbocycles.